The average Bonchev–Trinajstić information content (AvgIpc) is 2.76. The number of ether oxygens (including phenoxy) is 1. The third-order valence-corrected chi connectivity index (χ3v) is 5.18. The Hall–Kier alpha value is -3.30. The molecule has 10 heteroatoms. The van der Waals surface area contributed by atoms with Gasteiger partial charge in [0.2, 0.25) is 0 Å². The van der Waals surface area contributed by atoms with Crippen molar-refractivity contribution in [1.82, 2.24) is 4.90 Å². The van der Waals surface area contributed by atoms with Gasteiger partial charge in [0.15, 0.2) is 6.61 Å². The summed E-state index contributed by atoms with van der Waals surface area (Å²) in [7, 11) is 0. The molecule has 0 N–H and O–H groups in total. The molecule has 0 aromatic heterocycles. The van der Waals surface area contributed by atoms with Crippen molar-refractivity contribution < 1.29 is 27.6 Å². The van der Waals surface area contributed by atoms with Gasteiger partial charge in [-0.1, -0.05) is 25.1 Å². The molecule has 1 heterocycles. The number of amides is 1. The summed E-state index contributed by atoms with van der Waals surface area (Å²) in [6.45, 7) is 2.97. The zero-order valence-electron chi connectivity index (χ0n) is 16.9. The number of halogens is 3. The fraction of sp³-hybridized carbons (Fsp3) is 0.381. The Morgan fingerprint density at radius 3 is 2.42 bits per heavy atom. The first-order chi connectivity index (χ1) is 14.7. The van der Waals surface area contributed by atoms with Crippen LogP contribution in [0.3, 0.4) is 0 Å². The fourth-order valence-electron chi connectivity index (χ4n) is 3.48. The van der Waals surface area contributed by atoms with Crippen LogP contribution in [-0.4, -0.2) is 48.5 Å². The smallest absolute Gasteiger partial charge is 0.416 e. The summed E-state index contributed by atoms with van der Waals surface area (Å²) >= 11 is 0. The quantitative estimate of drug-likeness (QED) is 0.506. The van der Waals surface area contributed by atoms with Gasteiger partial charge in [-0.25, -0.2) is 0 Å². The van der Waals surface area contributed by atoms with Crippen molar-refractivity contribution in [2.75, 3.05) is 37.7 Å². The second-order valence-corrected chi connectivity index (χ2v) is 7.08. The van der Waals surface area contributed by atoms with Crippen LogP contribution in [0.2, 0.25) is 0 Å². The molecule has 0 saturated carbocycles. The Bertz CT molecular complexity index is 957. The molecule has 0 radical (unpaired) electrons. The number of para-hydroxylation sites is 1. The lowest BCUT2D eigenvalue weighted by atomic mass is 10.1. The minimum atomic E-state index is -4.66. The molecule has 3 rings (SSSR count). The molecule has 166 valence electrons. The molecule has 0 bridgehead atoms. The van der Waals surface area contributed by atoms with E-state index in [4.69, 9.17) is 4.74 Å². The van der Waals surface area contributed by atoms with Gasteiger partial charge in [0.05, 0.1) is 10.5 Å². The van der Waals surface area contributed by atoms with Crippen LogP contribution in [0.4, 0.5) is 24.5 Å². The predicted octanol–water partition coefficient (Wildman–Crippen LogP) is 3.90. The van der Waals surface area contributed by atoms with Crippen LogP contribution in [0.25, 0.3) is 0 Å². The van der Waals surface area contributed by atoms with Crippen LogP contribution in [0.15, 0.2) is 42.5 Å². The first-order valence-electron chi connectivity index (χ1n) is 9.79. The second kappa shape index (κ2) is 9.23. The third-order valence-electron chi connectivity index (χ3n) is 5.18. The SMILES string of the molecule is CCc1ccccc1OCC(=O)N1CCN(c2ccc(C(F)(F)F)cc2[N+](=O)[O-])CC1. The number of hydrogen-bond donors (Lipinski definition) is 0. The number of nitro groups is 1. The number of hydrogen-bond acceptors (Lipinski definition) is 5. The van der Waals surface area contributed by atoms with Crippen LogP contribution < -0.4 is 9.64 Å². The van der Waals surface area contributed by atoms with Crippen molar-refractivity contribution >= 4 is 17.3 Å². The highest BCUT2D eigenvalue weighted by Crippen LogP contribution is 2.36. The number of piperazine rings is 1. The highest BCUT2D eigenvalue weighted by Gasteiger charge is 2.34. The molecule has 0 unspecified atom stereocenters. The summed E-state index contributed by atoms with van der Waals surface area (Å²) < 4.78 is 44.3. The molecule has 2 aromatic carbocycles. The standard InChI is InChI=1S/C21H22F3N3O4/c1-2-15-5-3-4-6-19(15)31-14-20(28)26-11-9-25(10-12-26)17-8-7-16(21(22,23)24)13-18(17)27(29)30/h3-8,13H,2,9-12,14H2,1H3. The number of rotatable bonds is 6. The van der Waals surface area contributed by atoms with Crippen LogP contribution in [0.5, 0.6) is 5.75 Å². The lowest BCUT2D eigenvalue weighted by Crippen LogP contribution is -2.50. The van der Waals surface area contributed by atoms with Crippen molar-refractivity contribution in [1.29, 1.82) is 0 Å². The Morgan fingerprint density at radius 2 is 1.81 bits per heavy atom. The van der Waals surface area contributed by atoms with Gasteiger partial charge in [-0.15, -0.1) is 0 Å². The van der Waals surface area contributed by atoms with Gasteiger partial charge in [0, 0.05) is 32.2 Å². The topological polar surface area (TPSA) is 75.9 Å². The van der Waals surface area contributed by atoms with E-state index in [1.54, 1.807) is 15.9 Å². The largest absolute Gasteiger partial charge is 0.483 e. The molecule has 7 nitrogen and oxygen atoms in total. The number of carbonyl (C=O) groups excluding carboxylic acids is 1. The first kappa shape index (κ1) is 22.4. The Kier molecular flexibility index (Phi) is 6.67. The molecular formula is C21H22F3N3O4. The summed E-state index contributed by atoms with van der Waals surface area (Å²) in [6, 6.07) is 9.94. The van der Waals surface area contributed by atoms with Gasteiger partial charge in [0.1, 0.15) is 11.4 Å². The van der Waals surface area contributed by atoms with Crippen LogP contribution in [0.1, 0.15) is 18.1 Å². The number of alkyl halides is 3. The van der Waals surface area contributed by atoms with Crippen LogP contribution >= 0.6 is 0 Å². The number of nitrogens with zero attached hydrogens (tertiary/aromatic N) is 3. The fourth-order valence-corrected chi connectivity index (χ4v) is 3.48. The normalized spacial score (nSPS) is 14.5. The van der Waals surface area contributed by atoms with Crippen molar-refractivity contribution in [3.8, 4) is 5.75 Å². The maximum absolute atomic E-state index is 12.9. The zero-order valence-corrected chi connectivity index (χ0v) is 16.9. The molecule has 0 aliphatic carbocycles. The van der Waals surface area contributed by atoms with Crippen LogP contribution in [0, 0.1) is 10.1 Å². The summed E-state index contributed by atoms with van der Waals surface area (Å²) in [5.74, 6) is 0.435. The number of carbonyl (C=O) groups is 1. The lowest BCUT2D eigenvalue weighted by molar-refractivity contribution is -0.384. The van der Waals surface area contributed by atoms with E-state index in [1.165, 1.54) is 0 Å². The van der Waals surface area contributed by atoms with E-state index in [2.05, 4.69) is 0 Å². The number of aryl methyl sites for hydroxylation is 1. The zero-order chi connectivity index (χ0) is 22.6. The van der Waals surface area contributed by atoms with Gasteiger partial charge in [-0.05, 0) is 30.2 Å². The van der Waals surface area contributed by atoms with Gasteiger partial charge in [0.25, 0.3) is 11.6 Å². The van der Waals surface area contributed by atoms with Crippen molar-refractivity contribution in [2.45, 2.75) is 19.5 Å². The van der Waals surface area contributed by atoms with Gasteiger partial charge in [-0.3, -0.25) is 14.9 Å². The van der Waals surface area contributed by atoms with Crippen LogP contribution in [-0.2, 0) is 17.4 Å². The summed E-state index contributed by atoms with van der Waals surface area (Å²) in [5.41, 5.74) is -0.566. The Labute approximate surface area is 177 Å². The molecule has 1 fully saturated rings. The first-order valence-corrected chi connectivity index (χ1v) is 9.79. The Morgan fingerprint density at radius 1 is 1.13 bits per heavy atom. The third kappa shape index (κ3) is 5.25. The maximum atomic E-state index is 12.9. The van der Waals surface area contributed by atoms with Crippen molar-refractivity contribution in [2.24, 2.45) is 0 Å². The van der Waals surface area contributed by atoms with Gasteiger partial charge in [-0.2, -0.15) is 13.2 Å². The number of nitro benzene ring substituents is 1. The van der Waals surface area contributed by atoms with E-state index in [9.17, 15) is 28.1 Å². The highest BCUT2D eigenvalue weighted by molar-refractivity contribution is 5.78. The van der Waals surface area contributed by atoms with E-state index in [-0.39, 0.29) is 44.4 Å². The number of benzene rings is 2. The summed E-state index contributed by atoms with van der Waals surface area (Å²) in [6.07, 6.45) is -3.89. The molecule has 0 atom stereocenters. The van der Waals surface area contributed by atoms with E-state index < -0.39 is 22.4 Å². The van der Waals surface area contributed by atoms with Gasteiger partial charge >= 0.3 is 6.18 Å². The van der Waals surface area contributed by atoms with Crippen molar-refractivity contribution in [3.63, 3.8) is 0 Å². The molecule has 1 aliphatic rings. The molecule has 31 heavy (non-hydrogen) atoms. The molecule has 1 saturated heterocycles. The molecule has 1 aliphatic heterocycles. The van der Waals surface area contributed by atoms with E-state index in [0.29, 0.717) is 11.8 Å². The molecule has 1 amide bonds. The average molecular weight is 437 g/mol. The Balaban J connectivity index is 1.63. The molecule has 2 aromatic rings. The van der Waals surface area contributed by atoms with Gasteiger partial charge < -0.3 is 14.5 Å². The monoisotopic (exact) mass is 437 g/mol. The summed E-state index contributed by atoms with van der Waals surface area (Å²) in [4.78, 5) is 26.2. The van der Waals surface area contributed by atoms with E-state index in [1.807, 2.05) is 25.1 Å². The molecule has 0 spiro atoms. The minimum absolute atomic E-state index is 0.109. The summed E-state index contributed by atoms with van der Waals surface area (Å²) in [5, 5.41) is 11.3. The second-order valence-electron chi connectivity index (χ2n) is 7.08. The van der Waals surface area contributed by atoms with Crippen molar-refractivity contribution in [3.05, 3.63) is 63.7 Å². The highest BCUT2D eigenvalue weighted by atomic mass is 19.4. The lowest BCUT2D eigenvalue weighted by Gasteiger charge is -2.35. The molecular weight excluding hydrogens is 415 g/mol. The number of anilines is 1. The maximum Gasteiger partial charge on any atom is 0.416 e. The van der Waals surface area contributed by atoms with E-state index in [0.717, 1.165) is 24.1 Å². The predicted molar refractivity (Wildman–Crippen MR) is 108 cm³/mol. The van der Waals surface area contributed by atoms with E-state index >= 15 is 0 Å². The minimum Gasteiger partial charge on any atom is -0.483 e.